The summed E-state index contributed by atoms with van der Waals surface area (Å²) in [6.45, 7) is 0.439. The van der Waals surface area contributed by atoms with Crippen LogP contribution in [0, 0.1) is 6.92 Å². The van der Waals surface area contributed by atoms with Crippen molar-refractivity contribution in [3.63, 3.8) is 0 Å². The van der Waals surface area contributed by atoms with Gasteiger partial charge in [-0.2, -0.15) is 13.2 Å². The predicted molar refractivity (Wildman–Crippen MR) is 87.9 cm³/mol. The van der Waals surface area contributed by atoms with Crippen LogP contribution in [0.2, 0.25) is 0 Å². The molecule has 0 radical (unpaired) electrons. The van der Waals surface area contributed by atoms with E-state index in [2.05, 4.69) is 4.98 Å². The van der Waals surface area contributed by atoms with Gasteiger partial charge in [-0.25, -0.2) is 4.98 Å². The van der Waals surface area contributed by atoms with Gasteiger partial charge in [0.05, 0.1) is 0 Å². The largest absolute Gasteiger partial charge is 0.468 e. The van der Waals surface area contributed by atoms with E-state index in [0.717, 1.165) is 22.1 Å². The van der Waals surface area contributed by atoms with Gasteiger partial charge in [-0.1, -0.05) is 30.3 Å². The lowest BCUT2D eigenvalue weighted by Crippen LogP contribution is -2.19. The van der Waals surface area contributed by atoms with Crippen LogP contribution in [0.1, 0.15) is 5.56 Å². The number of pyridine rings is 1. The molecule has 3 rings (SSSR count). The van der Waals surface area contributed by atoms with Crippen LogP contribution in [0.25, 0.3) is 21.9 Å². The number of ether oxygens (including phenoxy) is 1. The van der Waals surface area contributed by atoms with Crippen molar-refractivity contribution in [1.82, 2.24) is 4.98 Å². The topological polar surface area (TPSA) is 48.1 Å². The average molecular weight is 332 g/mol. The molecule has 2 aromatic carbocycles. The number of alkyl halides is 3. The third-order valence-electron chi connectivity index (χ3n) is 3.66. The van der Waals surface area contributed by atoms with E-state index in [-0.39, 0.29) is 5.88 Å². The summed E-state index contributed by atoms with van der Waals surface area (Å²) in [6, 6.07) is 12.8. The van der Waals surface area contributed by atoms with Gasteiger partial charge in [0.2, 0.25) is 5.88 Å². The van der Waals surface area contributed by atoms with Crippen molar-refractivity contribution >= 4 is 16.5 Å². The van der Waals surface area contributed by atoms with Crippen molar-refractivity contribution in [2.75, 3.05) is 12.3 Å². The highest BCUT2D eigenvalue weighted by molar-refractivity contribution is 6.00. The van der Waals surface area contributed by atoms with Gasteiger partial charge in [0.15, 0.2) is 6.61 Å². The molecule has 0 saturated carbocycles. The second kappa shape index (κ2) is 6.03. The molecule has 0 atom stereocenters. The SMILES string of the molecule is Cc1cccc2c(-c3cccc(N)c3)cnc(OCC(F)(F)F)c12. The molecule has 6 heteroatoms. The first-order valence-electron chi connectivity index (χ1n) is 7.29. The van der Waals surface area contributed by atoms with Crippen molar-refractivity contribution in [2.24, 2.45) is 0 Å². The Bertz CT molecular complexity index is 891. The number of rotatable bonds is 3. The fourth-order valence-electron chi connectivity index (χ4n) is 2.63. The molecule has 0 aliphatic carbocycles. The standard InChI is InChI=1S/C18H15F3N2O/c1-11-4-2-7-14-15(12-5-3-6-13(22)8-12)9-23-17(16(11)14)24-10-18(19,20)21/h2-9H,10,22H2,1H3. The first-order valence-corrected chi connectivity index (χ1v) is 7.29. The summed E-state index contributed by atoms with van der Waals surface area (Å²) in [4.78, 5) is 4.11. The van der Waals surface area contributed by atoms with Crippen LogP contribution in [0.5, 0.6) is 5.88 Å². The Balaban J connectivity index is 2.16. The number of nitrogen functional groups attached to an aromatic ring is 1. The molecule has 24 heavy (non-hydrogen) atoms. The highest BCUT2D eigenvalue weighted by Gasteiger charge is 2.29. The summed E-state index contributed by atoms with van der Waals surface area (Å²) in [6.07, 6.45) is -2.90. The number of fused-ring (bicyclic) bond motifs is 1. The number of halogens is 3. The van der Waals surface area contributed by atoms with Crippen molar-refractivity contribution in [2.45, 2.75) is 13.1 Å². The Morgan fingerprint density at radius 3 is 2.58 bits per heavy atom. The lowest BCUT2D eigenvalue weighted by Gasteiger charge is -2.14. The van der Waals surface area contributed by atoms with E-state index in [0.29, 0.717) is 11.1 Å². The molecule has 0 aliphatic rings. The van der Waals surface area contributed by atoms with E-state index in [4.69, 9.17) is 10.5 Å². The molecule has 1 heterocycles. The minimum absolute atomic E-state index is 0.0203. The molecule has 0 fully saturated rings. The van der Waals surface area contributed by atoms with Gasteiger partial charge < -0.3 is 10.5 Å². The van der Waals surface area contributed by atoms with E-state index in [1.807, 2.05) is 37.3 Å². The van der Waals surface area contributed by atoms with Gasteiger partial charge in [0, 0.05) is 22.8 Å². The highest BCUT2D eigenvalue weighted by Crippen LogP contribution is 2.35. The summed E-state index contributed by atoms with van der Waals surface area (Å²) in [7, 11) is 0. The van der Waals surface area contributed by atoms with Crippen LogP contribution in [-0.4, -0.2) is 17.8 Å². The van der Waals surface area contributed by atoms with Gasteiger partial charge in [0.1, 0.15) is 0 Å². The van der Waals surface area contributed by atoms with Crippen molar-refractivity contribution < 1.29 is 17.9 Å². The molecule has 0 saturated heterocycles. The summed E-state index contributed by atoms with van der Waals surface area (Å²) in [5.74, 6) is -0.0203. The molecule has 3 aromatic rings. The Morgan fingerprint density at radius 2 is 1.88 bits per heavy atom. The minimum Gasteiger partial charge on any atom is -0.468 e. The van der Waals surface area contributed by atoms with Crippen LogP contribution in [0.15, 0.2) is 48.7 Å². The average Bonchev–Trinajstić information content (AvgIpc) is 2.52. The van der Waals surface area contributed by atoms with Crippen LogP contribution < -0.4 is 10.5 Å². The maximum absolute atomic E-state index is 12.5. The van der Waals surface area contributed by atoms with Crippen LogP contribution in [-0.2, 0) is 0 Å². The van der Waals surface area contributed by atoms with E-state index >= 15 is 0 Å². The van der Waals surface area contributed by atoms with Gasteiger partial charge in [0.25, 0.3) is 0 Å². The Kier molecular flexibility index (Phi) is 4.05. The fraction of sp³-hybridized carbons (Fsp3) is 0.167. The molecule has 0 unspecified atom stereocenters. The van der Waals surface area contributed by atoms with Crippen LogP contribution in [0.4, 0.5) is 18.9 Å². The van der Waals surface area contributed by atoms with E-state index in [1.54, 1.807) is 12.1 Å². The zero-order valence-corrected chi connectivity index (χ0v) is 12.9. The Labute approximate surface area is 136 Å². The third kappa shape index (κ3) is 3.27. The maximum Gasteiger partial charge on any atom is 0.422 e. The van der Waals surface area contributed by atoms with E-state index in [9.17, 15) is 13.2 Å². The smallest absolute Gasteiger partial charge is 0.422 e. The molecule has 1 aromatic heterocycles. The molecule has 0 aliphatic heterocycles. The molecular formula is C18H15F3N2O. The molecule has 3 nitrogen and oxygen atoms in total. The number of aryl methyl sites for hydroxylation is 1. The predicted octanol–water partition coefficient (Wildman–Crippen LogP) is 4.73. The second-order valence-corrected chi connectivity index (χ2v) is 5.50. The summed E-state index contributed by atoms with van der Waals surface area (Å²) >= 11 is 0. The van der Waals surface area contributed by atoms with E-state index < -0.39 is 12.8 Å². The lowest BCUT2D eigenvalue weighted by atomic mass is 9.98. The number of benzene rings is 2. The number of aromatic nitrogens is 1. The van der Waals surface area contributed by atoms with Crippen LogP contribution in [0.3, 0.4) is 0 Å². The first-order chi connectivity index (χ1) is 11.3. The number of nitrogens with zero attached hydrogens (tertiary/aromatic N) is 1. The Hall–Kier alpha value is -2.76. The molecule has 124 valence electrons. The number of nitrogens with two attached hydrogens (primary N) is 1. The van der Waals surface area contributed by atoms with Gasteiger partial charge in [-0.15, -0.1) is 0 Å². The minimum atomic E-state index is -4.41. The lowest BCUT2D eigenvalue weighted by molar-refractivity contribution is -0.153. The normalized spacial score (nSPS) is 11.7. The quantitative estimate of drug-likeness (QED) is 0.705. The summed E-state index contributed by atoms with van der Waals surface area (Å²) < 4.78 is 42.3. The fourth-order valence-corrected chi connectivity index (χ4v) is 2.63. The van der Waals surface area contributed by atoms with E-state index in [1.165, 1.54) is 6.20 Å². The molecule has 2 N–H and O–H groups in total. The summed E-state index contributed by atoms with van der Waals surface area (Å²) in [5, 5.41) is 1.34. The van der Waals surface area contributed by atoms with Crippen LogP contribution >= 0.6 is 0 Å². The highest BCUT2D eigenvalue weighted by atomic mass is 19.4. The maximum atomic E-state index is 12.5. The van der Waals surface area contributed by atoms with Gasteiger partial charge in [-0.05, 0) is 35.6 Å². The first kappa shape index (κ1) is 16.1. The second-order valence-electron chi connectivity index (χ2n) is 5.50. The van der Waals surface area contributed by atoms with Gasteiger partial charge in [-0.3, -0.25) is 0 Å². The van der Waals surface area contributed by atoms with Gasteiger partial charge >= 0.3 is 6.18 Å². The van der Waals surface area contributed by atoms with Crippen molar-refractivity contribution in [3.8, 4) is 17.0 Å². The summed E-state index contributed by atoms with van der Waals surface area (Å²) in [5.41, 5.74) is 8.86. The van der Waals surface area contributed by atoms with Crippen molar-refractivity contribution in [3.05, 3.63) is 54.2 Å². The number of anilines is 1. The number of hydrogen-bond acceptors (Lipinski definition) is 3. The monoisotopic (exact) mass is 332 g/mol. The van der Waals surface area contributed by atoms with Crippen molar-refractivity contribution in [1.29, 1.82) is 0 Å². The molecule has 0 bridgehead atoms. The third-order valence-corrected chi connectivity index (χ3v) is 3.66. The Morgan fingerprint density at radius 1 is 1.12 bits per heavy atom. The zero-order valence-electron chi connectivity index (χ0n) is 12.9. The molecular weight excluding hydrogens is 317 g/mol. The molecule has 0 amide bonds. The zero-order chi connectivity index (χ0) is 17.3. The number of hydrogen-bond donors (Lipinski definition) is 1. The molecule has 0 spiro atoms.